The van der Waals surface area contributed by atoms with Gasteiger partial charge >= 0.3 is 0 Å². The van der Waals surface area contributed by atoms with E-state index in [1.54, 1.807) is 0 Å². The molecule has 0 aliphatic carbocycles. The summed E-state index contributed by atoms with van der Waals surface area (Å²) in [6.07, 6.45) is 4.47. The van der Waals surface area contributed by atoms with Gasteiger partial charge in [0.1, 0.15) is 5.82 Å². The highest BCUT2D eigenvalue weighted by Crippen LogP contribution is 2.23. The third-order valence-corrected chi connectivity index (χ3v) is 4.25. The van der Waals surface area contributed by atoms with Gasteiger partial charge in [-0.25, -0.2) is 9.67 Å². The summed E-state index contributed by atoms with van der Waals surface area (Å²) in [5.74, 6) is 2.73. The van der Waals surface area contributed by atoms with Gasteiger partial charge in [-0.15, -0.1) is 0 Å². The van der Waals surface area contributed by atoms with E-state index in [-0.39, 0.29) is 6.04 Å². The van der Waals surface area contributed by atoms with Crippen molar-refractivity contribution in [1.29, 1.82) is 0 Å². The average molecular weight is 249 g/mol. The first kappa shape index (κ1) is 12.1. The predicted octanol–water partition coefficient (Wildman–Crippen LogP) is 0.956. The van der Waals surface area contributed by atoms with Crippen molar-refractivity contribution in [2.45, 2.75) is 45.2 Å². The summed E-state index contributed by atoms with van der Waals surface area (Å²) in [6.45, 7) is 6.81. The lowest BCUT2D eigenvalue weighted by Crippen LogP contribution is -2.22. The maximum Gasteiger partial charge on any atom is 0.151 e. The van der Waals surface area contributed by atoms with Gasteiger partial charge in [-0.1, -0.05) is 6.92 Å². The van der Waals surface area contributed by atoms with Crippen molar-refractivity contribution in [3.63, 3.8) is 0 Å². The lowest BCUT2D eigenvalue weighted by atomic mass is 10.0. The van der Waals surface area contributed by atoms with Crippen molar-refractivity contribution in [3.8, 4) is 0 Å². The molecule has 2 aliphatic rings. The van der Waals surface area contributed by atoms with Gasteiger partial charge in [0.2, 0.25) is 0 Å². The van der Waals surface area contributed by atoms with E-state index >= 15 is 0 Å². The lowest BCUT2D eigenvalue weighted by Gasteiger charge is -2.17. The molecule has 3 heterocycles. The van der Waals surface area contributed by atoms with Gasteiger partial charge < -0.3 is 10.6 Å². The number of rotatable bonds is 3. The molecule has 2 unspecified atom stereocenters. The third kappa shape index (κ3) is 2.29. The summed E-state index contributed by atoms with van der Waals surface area (Å²) in [6, 6.07) is 0.0933. The average Bonchev–Trinajstić information content (AvgIpc) is 2.96. The van der Waals surface area contributed by atoms with Gasteiger partial charge in [0.05, 0.1) is 6.04 Å². The number of fused-ring (bicyclic) bond motifs is 1. The van der Waals surface area contributed by atoms with Gasteiger partial charge in [0.15, 0.2) is 5.82 Å². The maximum absolute atomic E-state index is 6.08. The molecule has 0 saturated carbocycles. The molecule has 1 aromatic rings. The Bertz CT molecular complexity index is 414. The van der Waals surface area contributed by atoms with E-state index in [9.17, 15) is 0 Å². The zero-order chi connectivity index (χ0) is 12.5. The van der Waals surface area contributed by atoms with Crippen LogP contribution in [0.15, 0.2) is 0 Å². The van der Waals surface area contributed by atoms with Gasteiger partial charge in [-0.3, -0.25) is 0 Å². The Hall–Kier alpha value is -0.940. The second-order valence-electron chi connectivity index (χ2n) is 5.61. The van der Waals surface area contributed by atoms with E-state index in [1.807, 2.05) is 4.68 Å². The van der Waals surface area contributed by atoms with Crippen LogP contribution in [-0.4, -0.2) is 39.3 Å². The number of nitrogens with two attached hydrogens (primary N) is 1. The summed E-state index contributed by atoms with van der Waals surface area (Å²) in [5, 5.41) is 4.62. The van der Waals surface area contributed by atoms with Crippen LogP contribution < -0.4 is 5.73 Å². The summed E-state index contributed by atoms with van der Waals surface area (Å²) in [5.41, 5.74) is 6.08. The molecule has 0 amide bonds. The Morgan fingerprint density at radius 3 is 2.94 bits per heavy atom. The van der Waals surface area contributed by atoms with E-state index in [0.717, 1.165) is 49.9 Å². The molecule has 3 rings (SSSR count). The number of nitrogens with zero attached hydrogens (tertiary/aromatic N) is 4. The van der Waals surface area contributed by atoms with Gasteiger partial charge in [-0.05, 0) is 38.3 Å². The minimum atomic E-state index is 0.0933. The molecule has 0 aromatic carbocycles. The molecule has 1 saturated heterocycles. The van der Waals surface area contributed by atoms with Crippen molar-refractivity contribution in [1.82, 2.24) is 19.7 Å². The van der Waals surface area contributed by atoms with Crippen molar-refractivity contribution in [2.75, 3.05) is 19.6 Å². The summed E-state index contributed by atoms with van der Waals surface area (Å²) < 4.78 is 2.02. The van der Waals surface area contributed by atoms with Crippen LogP contribution in [0.4, 0.5) is 0 Å². The maximum atomic E-state index is 6.08. The van der Waals surface area contributed by atoms with E-state index in [4.69, 9.17) is 5.73 Å². The van der Waals surface area contributed by atoms with Crippen LogP contribution in [-0.2, 0) is 13.0 Å². The fraction of sp³-hybridized carbons (Fsp3) is 0.846. The van der Waals surface area contributed by atoms with Crippen LogP contribution in [0.25, 0.3) is 0 Å². The molecule has 2 aliphatic heterocycles. The molecule has 5 nitrogen and oxygen atoms in total. The fourth-order valence-corrected chi connectivity index (χ4v) is 3.14. The standard InChI is InChI=1S/C13H23N5/c1-2-17-7-5-10(9-17)8-12-15-13-11(14)4-3-6-18(13)16-12/h10-11H,2-9,14H2,1H3. The normalized spacial score (nSPS) is 28.6. The van der Waals surface area contributed by atoms with Crippen molar-refractivity contribution < 1.29 is 0 Å². The number of aromatic nitrogens is 3. The Balaban J connectivity index is 1.67. The molecule has 0 radical (unpaired) electrons. The van der Waals surface area contributed by atoms with Gasteiger partial charge in [0.25, 0.3) is 0 Å². The number of aryl methyl sites for hydroxylation is 1. The first-order valence-electron chi connectivity index (χ1n) is 7.18. The van der Waals surface area contributed by atoms with Crippen LogP contribution in [0.3, 0.4) is 0 Å². The quantitative estimate of drug-likeness (QED) is 0.866. The summed E-state index contributed by atoms with van der Waals surface area (Å²) in [7, 11) is 0. The Kier molecular flexibility index (Phi) is 3.35. The van der Waals surface area contributed by atoms with Crippen molar-refractivity contribution >= 4 is 0 Å². The Labute approximate surface area is 108 Å². The van der Waals surface area contributed by atoms with Crippen LogP contribution in [0.5, 0.6) is 0 Å². The zero-order valence-electron chi connectivity index (χ0n) is 11.2. The van der Waals surface area contributed by atoms with Crippen LogP contribution in [0.1, 0.15) is 43.9 Å². The SMILES string of the molecule is CCN1CCC(Cc2nc3n(n2)CCCC3N)C1. The molecule has 0 spiro atoms. The van der Waals surface area contributed by atoms with Crippen molar-refractivity contribution in [2.24, 2.45) is 11.7 Å². The number of hydrogen-bond acceptors (Lipinski definition) is 4. The predicted molar refractivity (Wildman–Crippen MR) is 70.1 cm³/mol. The zero-order valence-corrected chi connectivity index (χ0v) is 11.2. The first-order chi connectivity index (χ1) is 8.76. The molecule has 2 N–H and O–H groups in total. The van der Waals surface area contributed by atoms with Gasteiger partial charge in [0, 0.05) is 19.5 Å². The van der Waals surface area contributed by atoms with Crippen LogP contribution in [0.2, 0.25) is 0 Å². The highest BCUT2D eigenvalue weighted by molar-refractivity contribution is 5.02. The largest absolute Gasteiger partial charge is 0.321 e. The molecule has 1 fully saturated rings. The molecule has 0 bridgehead atoms. The molecular weight excluding hydrogens is 226 g/mol. The van der Waals surface area contributed by atoms with Crippen LogP contribution in [0, 0.1) is 5.92 Å². The second-order valence-corrected chi connectivity index (χ2v) is 5.61. The molecule has 1 aromatic heterocycles. The topological polar surface area (TPSA) is 60.0 Å². The van der Waals surface area contributed by atoms with E-state index in [1.165, 1.54) is 19.5 Å². The van der Waals surface area contributed by atoms with E-state index in [2.05, 4.69) is 21.9 Å². The van der Waals surface area contributed by atoms with E-state index < -0.39 is 0 Å². The van der Waals surface area contributed by atoms with Crippen molar-refractivity contribution in [3.05, 3.63) is 11.6 Å². The third-order valence-electron chi connectivity index (χ3n) is 4.25. The Morgan fingerprint density at radius 1 is 1.33 bits per heavy atom. The lowest BCUT2D eigenvalue weighted by molar-refractivity contribution is 0.340. The van der Waals surface area contributed by atoms with Gasteiger partial charge in [-0.2, -0.15) is 5.10 Å². The Morgan fingerprint density at radius 2 is 2.22 bits per heavy atom. The monoisotopic (exact) mass is 249 g/mol. The molecule has 18 heavy (non-hydrogen) atoms. The second kappa shape index (κ2) is 4.97. The molecular formula is C13H23N5. The smallest absolute Gasteiger partial charge is 0.151 e. The minimum Gasteiger partial charge on any atom is -0.321 e. The van der Waals surface area contributed by atoms with E-state index in [0.29, 0.717) is 0 Å². The number of likely N-dealkylation sites (tertiary alicyclic amines) is 1. The highest BCUT2D eigenvalue weighted by Gasteiger charge is 2.25. The fourth-order valence-electron chi connectivity index (χ4n) is 3.14. The number of hydrogen-bond donors (Lipinski definition) is 1. The minimum absolute atomic E-state index is 0.0933. The first-order valence-corrected chi connectivity index (χ1v) is 7.18. The molecule has 5 heteroatoms. The molecule has 100 valence electrons. The summed E-state index contributed by atoms with van der Waals surface area (Å²) in [4.78, 5) is 7.16. The molecule has 2 atom stereocenters. The van der Waals surface area contributed by atoms with Crippen LogP contribution >= 0.6 is 0 Å². The summed E-state index contributed by atoms with van der Waals surface area (Å²) >= 11 is 0. The highest BCUT2D eigenvalue weighted by atomic mass is 15.4.